The molecule has 2 rings (SSSR count). The number of carbonyl (C=O) groups is 1. The molecule has 1 saturated heterocycles. The number of carbonyl (C=O) groups excluding carboxylic acids is 1. The maximum Gasteiger partial charge on any atom is 0.224 e. The van der Waals surface area contributed by atoms with Crippen LogP contribution in [0.1, 0.15) is 45.4 Å². The van der Waals surface area contributed by atoms with E-state index >= 15 is 0 Å². The molecule has 15 heavy (non-hydrogen) atoms. The van der Waals surface area contributed by atoms with Crippen LogP contribution >= 0.6 is 0 Å². The van der Waals surface area contributed by atoms with Gasteiger partial charge in [-0.25, -0.2) is 0 Å². The van der Waals surface area contributed by atoms with Crippen LogP contribution in [0.4, 0.5) is 0 Å². The molecule has 1 aliphatic heterocycles. The molecule has 86 valence electrons. The first-order valence-electron chi connectivity index (χ1n) is 6.34. The molecule has 1 N–H and O–H groups in total. The molecule has 1 heterocycles. The van der Waals surface area contributed by atoms with Crippen LogP contribution in [0.25, 0.3) is 0 Å². The van der Waals surface area contributed by atoms with E-state index in [9.17, 15) is 4.79 Å². The van der Waals surface area contributed by atoms with Crippen molar-refractivity contribution in [2.45, 2.75) is 57.5 Å². The molecule has 1 amide bonds. The molecule has 3 nitrogen and oxygen atoms in total. The van der Waals surface area contributed by atoms with Crippen molar-refractivity contribution in [3.63, 3.8) is 0 Å². The minimum Gasteiger partial charge on any atom is -0.338 e. The first-order valence-corrected chi connectivity index (χ1v) is 6.34. The van der Waals surface area contributed by atoms with E-state index in [1.807, 2.05) is 0 Å². The number of hydrogen-bond donors (Lipinski definition) is 1. The second-order valence-corrected chi connectivity index (χ2v) is 4.80. The number of likely N-dealkylation sites (tertiary alicyclic amines) is 1. The van der Waals surface area contributed by atoms with Gasteiger partial charge in [0.25, 0.3) is 0 Å². The lowest BCUT2D eigenvalue weighted by molar-refractivity contribution is -0.130. The van der Waals surface area contributed by atoms with Gasteiger partial charge in [0.1, 0.15) is 0 Å². The highest BCUT2D eigenvalue weighted by molar-refractivity contribution is 5.79. The smallest absolute Gasteiger partial charge is 0.224 e. The van der Waals surface area contributed by atoms with E-state index in [1.165, 1.54) is 32.1 Å². The predicted octanol–water partition coefficient (Wildman–Crippen LogP) is 1.53. The molecule has 1 atom stereocenters. The summed E-state index contributed by atoms with van der Waals surface area (Å²) < 4.78 is 0. The van der Waals surface area contributed by atoms with Crippen LogP contribution in [-0.2, 0) is 4.79 Å². The maximum atomic E-state index is 11.8. The predicted molar refractivity (Wildman–Crippen MR) is 60.7 cm³/mol. The van der Waals surface area contributed by atoms with Gasteiger partial charge in [0.05, 0.1) is 0 Å². The molecule has 1 unspecified atom stereocenters. The molecule has 1 saturated carbocycles. The Hall–Kier alpha value is -0.570. The Morgan fingerprint density at radius 3 is 2.73 bits per heavy atom. The molecule has 2 aliphatic rings. The van der Waals surface area contributed by atoms with Crippen molar-refractivity contribution in [1.29, 1.82) is 0 Å². The van der Waals surface area contributed by atoms with Crippen LogP contribution in [0.15, 0.2) is 0 Å². The molecule has 0 aromatic rings. The van der Waals surface area contributed by atoms with Crippen LogP contribution in [0.5, 0.6) is 0 Å². The fourth-order valence-electron chi connectivity index (χ4n) is 2.90. The van der Waals surface area contributed by atoms with Crippen molar-refractivity contribution in [2.75, 3.05) is 13.1 Å². The van der Waals surface area contributed by atoms with Gasteiger partial charge in [0.15, 0.2) is 0 Å². The lowest BCUT2D eigenvalue weighted by Crippen LogP contribution is -2.40. The number of nitrogens with one attached hydrogen (secondary N) is 1. The third-order valence-corrected chi connectivity index (χ3v) is 3.67. The van der Waals surface area contributed by atoms with Gasteiger partial charge < -0.3 is 10.2 Å². The van der Waals surface area contributed by atoms with Crippen molar-refractivity contribution in [2.24, 2.45) is 0 Å². The zero-order valence-electron chi connectivity index (χ0n) is 9.67. The fraction of sp³-hybridized carbons (Fsp3) is 0.917. The highest BCUT2D eigenvalue weighted by Crippen LogP contribution is 2.26. The van der Waals surface area contributed by atoms with E-state index in [0.717, 1.165) is 13.1 Å². The van der Waals surface area contributed by atoms with Crippen molar-refractivity contribution >= 4 is 5.91 Å². The summed E-state index contributed by atoms with van der Waals surface area (Å²) in [6.07, 6.45) is 7.13. The Balaban J connectivity index is 1.89. The topological polar surface area (TPSA) is 32.3 Å². The van der Waals surface area contributed by atoms with Gasteiger partial charge >= 0.3 is 0 Å². The molecule has 0 aromatic carbocycles. The van der Waals surface area contributed by atoms with Crippen LogP contribution in [0, 0.1) is 0 Å². The average molecular weight is 210 g/mol. The maximum absolute atomic E-state index is 11.8. The molecule has 3 heteroatoms. The molecule has 1 aliphatic carbocycles. The standard InChI is InChI=1S/C12H22N2O/c1-2-13-10-8-12(15)14(9-10)11-6-4-3-5-7-11/h10-11,13H,2-9H2,1H3. The lowest BCUT2D eigenvalue weighted by Gasteiger charge is -2.31. The lowest BCUT2D eigenvalue weighted by atomic mass is 9.94. The third-order valence-electron chi connectivity index (χ3n) is 3.67. The Morgan fingerprint density at radius 2 is 2.07 bits per heavy atom. The van der Waals surface area contributed by atoms with Gasteiger partial charge in [-0.15, -0.1) is 0 Å². The molecule has 0 radical (unpaired) electrons. The number of rotatable bonds is 3. The molecule has 0 spiro atoms. The summed E-state index contributed by atoms with van der Waals surface area (Å²) in [5, 5.41) is 3.38. The van der Waals surface area contributed by atoms with Gasteiger partial charge in [-0.2, -0.15) is 0 Å². The summed E-state index contributed by atoms with van der Waals surface area (Å²) in [6, 6.07) is 0.958. The Kier molecular flexibility index (Phi) is 3.62. The summed E-state index contributed by atoms with van der Waals surface area (Å²) in [4.78, 5) is 14.0. The molecular formula is C12H22N2O. The largest absolute Gasteiger partial charge is 0.338 e. The number of hydrogen-bond acceptors (Lipinski definition) is 2. The minimum atomic E-state index is 0.368. The summed E-state index contributed by atoms with van der Waals surface area (Å²) in [5.74, 6) is 0.368. The van der Waals surface area contributed by atoms with Gasteiger partial charge in [-0.05, 0) is 19.4 Å². The zero-order valence-corrected chi connectivity index (χ0v) is 9.67. The molecule has 2 fully saturated rings. The summed E-state index contributed by atoms with van der Waals surface area (Å²) >= 11 is 0. The van der Waals surface area contributed by atoms with Crippen molar-refractivity contribution < 1.29 is 4.79 Å². The fourth-order valence-corrected chi connectivity index (χ4v) is 2.90. The molecular weight excluding hydrogens is 188 g/mol. The zero-order chi connectivity index (χ0) is 10.7. The Labute approximate surface area is 92.2 Å². The van der Waals surface area contributed by atoms with E-state index in [2.05, 4.69) is 17.1 Å². The Bertz CT molecular complexity index is 224. The van der Waals surface area contributed by atoms with Crippen LogP contribution in [0.3, 0.4) is 0 Å². The van der Waals surface area contributed by atoms with Crippen molar-refractivity contribution in [3.8, 4) is 0 Å². The number of nitrogens with zero attached hydrogens (tertiary/aromatic N) is 1. The third kappa shape index (κ3) is 2.51. The highest BCUT2D eigenvalue weighted by Gasteiger charge is 2.34. The minimum absolute atomic E-state index is 0.368. The van der Waals surface area contributed by atoms with Gasteiger partial charge in [0, 0.05) is 25.0 Å². The monoisotopic (exact) mass is 210 g/mol. The van der Waals surface area contributed by atoms with Crippen molar-refractivity contribution in [1.82, 2.24) is 10.2 Å². The number of amides is 1. The van der Waals surface area contributed by atoms with Crippen LogP contribution in [-0.4, -0.2) is 36.0 Å². The summed E-state index contributed by atoms with van der Waals surface area (Å²) in [5.41, 5.74) is 0. The van der Waals surface area contributed by atoms with Gasteiger partial charge in [-0.1, -0.05) is 26.2 Å². The molecule has 0 bridgehead atoms. The van der Waals surface area contributed by atoms with Crippen LogP contribution < -0.4 is 5.32 Å². The SMILES string of the molecule is CCNC1CC(=O)N(C2CCCCC2)C1. The average Bonchev–Trinajstić information content (AvgIpc) is 2.61. The van der Waals surface area contributed by atoms with Crippen LogP contribution in [0.2, 0.25) is 0 Å². The quantitative estimate of drug-likeness (QED) is 0.766. The summed E-state index contributed by atoms with van der Waals surface area (Å²) in [7, 11) is 0. The van der Waals surface area contributed by atoms with Gasteiger partial charge in [-0.3, -0.25) is 4.79 Å². The first kappa shape index (κ1) is 10.9. The van der Waals surface area contributed by atoms with E-state index in [1.54, 1.807) is 0 Å². The summed E-state index contributed by atoms with van der Waals surface area (Å²) in [6.45, 7) is 4.02. The second kappa shape index (κ2) is 4.97. The van der Waals surface area contributed by atoms with E-state index in [4.69, 9.17) is 0 Å². The van der Waals surface area contributed by atoms with Crippen molar-refractivity contribution in [3.05, 3.63) is 0 Å². The highest BCUT2D eigenvalue weighted by atomic mass is 16.2. The second-order valence-electron chi connectivity index (χ2n) is 4.80. The van der Waals surface area contributed by atoms with E-state index < -0.39 is 0 Å². The number of likely N-dealkylation sites (N-methyl/N-ethyl adjacent to an activating group) is 1. The van der Waals surface area contributed by atoms with E-state index in [0.29, 0.717) is 24.4 Å². The first-order chi connectivity index (χ1) is 7.31. The Morgan fingerprint density at radius 1 is 1.33 bits per heavy atom. The molecule has 0 aromatic heterocycles. The van der Waals surface area contributed by atoms with Gasteiger partial charge in [0.2, 0.25) is 5.91 Å². The normalized spacial score (nSPS) is 28.7. The van der Waals surface area contributed by atoms with E-state index in [-0.39, 0.29) is 0 Å².